The highest BCUT2D eigenvalue weighted by atomic mass is 16.5. The van der Waals surface area contributed by atoms with Crippen LogP contribution in [0, 0.1) is 5.92 Å². The summed E-state index contributed by atoms with van der Waals surface area (Å²) in [6, 6.07) is 22.7. The van der Waals surface area contributed by atoms with Crippen molar-refractivity contribution in [3.05, 3.63) is 95.6 Å². The maximum absolute atomic E-state index is 10.4. The van der Waals surface area contributed by atoms with E-state index in [-0.39, 0.29) is 11.8 Å². The predicted molar refractivity (Wildman–Crippen MR) is 128 cm³/mol. The van der Waals surface area contributed by atoms with Gasteiger partial charge in [-0.2, -0.15) is 0 Å². The van der Waals surface area contributed by atoms with Gasteiger partial charge >= 0.3 is 0 Å². The fraction of sp³-hybridized carbons (Fsp3) is 0.286. The number of hydrogen-bond donors (Lipinski definition) is 2. The molecule has 3 aromatic rings. The van der Waals surface area contributed by atoms with Gasteiger partial charge in [0, 0.05) is 5.92 Å². The Bertz CT molecular complexity index is 1110. The Morgan fingerprint density at radius 1 is 1.00 bits per heavy atom. The predicted octanol–water partition coefficient (Wildman–Crippen LogP) is 6.24. The molecule has 0 radical (unpaired) electrons. The molecule has 3 aromatic carbocycles. The van der Waals surface area contributed by atoms with Crippen molar-refractivity contribution < 1.29 is 14.6 Å². The fourth-order valence-corrected chi connectivity index (χ4v) is 5.05. The molecule has 1 aliphatic heterocycles. The molecule has 3 unspecified atom stereocenters. The summed E-state index contributed by atoms with van der Waals surface area (Å²) in [6.07, 6.45) is 7.58. The molecule has 0 bridgehead atoms. The maximum Gasteiger partial charge on any atom is 0.160 e. The zero-order valence-corrected chi connectivity index (χ0v) is 18.3. The van der Waals surface area contributed by atoms with Crippen LogP contribution in [0.4, 0.5) is 5.69 Å². The van der Waals surface area contributed by atoms with E-state index in [0.29, 0.717) is 24.2 Å². The van der Waals surface area contributed by atoms with Crippen LogP contribution < -0.4 is 14.8 Å². The highest BCUT2D eigenvalue weighted by Crippen LogP contribution is 2.52. The smallest absolute Gasteiger partial charge is 0.160 e. The van der Waals surface area contributed by atoms with Crippen molar-refractivity contribution in [1.29, 1.82) is 0 Å². The van der Waals surface area contributed by atoms with E-state index in [2.05, 4.69) is 59.9 Å². The standard InChI is InChI=1S/C28H29NO3/c1-31-25-16-15-20(18-24(25)30)27-22-12-5-11-21(22)23-13-6-14-26(28(23)29-27)32-17-7-10-19-8-3-2-4-9-19/h2-6,8-9,11,13-16,18,21-22,27,29-30H,7,10,12,17H2,1H3. The molecule has 2 N–H and O–H groups in total. The van der Waals surface area contributed by atoms with Crippen molar-refractivity contribution in [2.75, 3.05) is 19.0 Å². The largest absolute Gasteiger partial charge is 0.504 e. The maximum atomic E-state index is 10.4. The molecule has 0 saturated carbocycles. The molecule has 4 nitrogen and oxygen atoms in total. The third kappa shape index (κ3) is 3.93. The lowest BCUT2D eigenvalue weighted by molar-refractivity contribution is 0.309. The summed E-state index contributed by atoms with van der Waals surface area (Å²) in [6.45, 7) is 0.672. The molecular formula is C28H29NO3. The number of nitrogens with one attached hydrogen (secondary N) is 1. The van der Waals surface area contributed by atoms with Crippen LogP contribution >= 0.6 is 0 Å². The Morgan fingerprint density at radius 3 is 2.69 bits per heavy atom. The van der Waals surface area contributed by atoms with Crippen LogP contribution in [0.25, 0.3) is 0 Å². The van der Waals surface area contributed by atoms with Crippen LogP contribution in [0.5, 0.6) is 17.2 Å². The van der Waals surface area contributed by atoms with Gasteiger partial charge in [-0.05, 0) is 60.1 Å². The van der Waals surface area contributed by atoms with Gasteiger partial charge in [-0.25, -0.2) is 0 Å². The Morgan fingerprint density at radius 2 is 1.88 bits per heavy atom. The Balaban J connectivity index is 1.37. The number of methoxy groups -OCH3 is 1. The highest BCUT2D eigenvalue weighted by molar-refractivity contribution is 5.68. The van der Waals surface area contributed by atoms with Crippen LogP contribution in [-0.2, 0) is 6.42 Å². The zero-order chi connectivity index (χ0) is 21.9. The molecule has 0 spiro atoms. The second kappa shape index (κ2) is 8.99. The monoisotopic (exact) mass is 427 g/mol. The first-order valence-corrected chi connectivity index (χ1v) is 11.3. The summed E-state index contributed by atoms with van der Waals surface area (Å²) in [5.74, 6) is 2.31. The minimum Gasteiger partial charge on any atom is -0.504 e. The molecule has 2 aliphatic rings. The molecule has 0 fully saturated rings. The summed E-state index contributed by atoms with van der Waals surface area (Å²) >= 11 is 0. The number of ether oxygens (including phenoxy) is 2. The first kappa shape index (κ1) is 20.5. The number of phenols is 1. The van der Waals surface area contributed by atoms with Crippen LogP contribution in [0.3, 0.4) is 0 Å². The van der Waals surface area contributed by atoms with Crippen LogP contribution in [0.15, 0.2) is 78.9 Å². The van der Waals surface area contributed by atoms with E-state index >= 15 is 0 Å². The number of hydrogen-bond acceptors (Lipinski definition) is 4. The molecule has 164 valence electrons. The van der Waals surface area contributed by atoms with Crippen molar-refractivity contribution >= 4 is 5.69 Å². The summed E-state index contributed by atoms with van der Waals surface area (Å²) in [5, 5.41) is 14.1. The molecule has 5 rings (SSSR count). The van der Waals surface area contributed by atoms with E-state index < -0.39 is 0 Å². The van der Waals surface area contributed by atoms with E-state index in [4.69, 9.17) is 9.47 Å². The van der Waals surface area contributed by atoms with Gasteiger partial charge in [-0.3, -0.25) is 0 Å². The summed E-state index contributed by atoms with van der Waals surface area (Å²) in [5.41, 5.74) is 4.76. The molecule has 4 heteroatoms. The van der Waals surface area contributed by atoms with E-state index in [0.717, 1.165) is 36.3 Å². The number of rotatable bonds is 7. The van der Waals surface area contributed by atoms with Crippen molar-refractivity contribution in [1.82, 2.24) is 0 Å². The first-order chi connectivity index (χ1) is 15.7. The lowest BCUT2D eigenvalue weighted by Crippen LogP contribution is -2.29. The van der Waals surface area contributed by atoms with Gasteiger partial charge < -0.3 is 19.9 Å². The van der Waals surface area contributed by atoms with Gasteiger partial charge in [0.2, 0.25) is 0 Å². The van der Waals surface area contributed by atoms with Crippen LogP contribution in [0.2, 0.25) is 0 Å². The van der Waals surface area contributed by atoms with Gasteiger partial charge in [0.15, 0.2) is 11.5 Å². The number of benzene rings is 3. The minimum atomic E-state index is 0.0911. The third-order valence-corrected chi connectivity index (χ3v) is 6.63. The van der Waals surface area contributed by atoms with E-state index in [1.807, 2.05) is 24.3 Å². The van der Waals surface area contributed by atoms with Gasteiger partial charge in [0.05, 0.1) is 25.4 Å². The van der Waals surface area contributed by atoms with Gasteiger partial charge in [-0.1, -0.05) is 60.7 Å². The summed E-state index contributed by atoms with van der Waals surface area (Å²) < 4.78 is 11.5. The molecule has 1 aliphatic carbocycles. The average molecular weight is 428 g/mol. The SMILES string of the molecule is COc1ccc(C2Nc3c(OCCCc4ccccc4)cccc3C3C=CCC32)cc1O. The van der Waals surface area contributed by atoms with Gasteiger partial charge in [0.25, 0.3) is 0 Å². The summed E-state index contributed by atoms with van der Waals surface area (Å²) in [4.78, 5) is 0. The first-order valence-electron chi connectivity index (χ1n) is 11.3. The Hall–Kier alpha value is -3.40. The lowest BCUT2D eigenvalue weighted by atomic mass is 9.77. The summed E-state index contributed by atoms with van der Waals surface area (Å²) in [7, 11) is 1.57. The molecule has 0 saturated heterocycles. The quantitative estimate of drug-likeness (QED) is 0.346. The topological polar surface area (TPSA) is 50.7 Å². The molecule has 3 atom stereocenters. The van der Waals surface area contributed by atoms with Gasteiger partial charge in [0.1, 0.15) is 5.75 Å². The Kier molecular flexibility index (Phi) is 5.76. The van der Waals surface area contributed by atoms with E-state index in [1.165, 1.54) is 11.1 Å². The highest BCUT2D eigenvalue weighted by Gasteiger charge is 2.39. The number of phenolic OH excluding ortho intramolecular Hbond substituents is 1. The van der Waals surface area contributed by atoms with Crippen LogP contribution in [0.1, 0.15) is 41.5 Å². The number of para-hydroxylation sites is 1. The Labute approximate surface area is 189 Å². The minimum absolute atomic E-state index is 0.0911. The molecular weight excluding hydrogens is 398 g/mol. The average Bonchev–Trinajstić information content (AvgIpc) is 3.32. The molecule has 0 amide bonds. The normalized spacial score (nSPS) is 20.8. The van der Waals surface area contributed by atoms with E-state index in [1.54, 1.807) is 7.11 Å². The molecule has 1 heterocycles. The zero-order valence-electron chi connectivity index (χ0n) is 18.3. The number of aryl methyl sites for hydroxylation is 1. The second-order valence-corrected chi connectivity index (χ2v) is 8.56. The van der Waals surface area contributed by atoms with Crippen molar-refractivity contribution in [2.45, 2.75) is 31.2 Å². The number of aromatic hydroxyl groups is 1. The van der Waals surface area contributed by atoms with Gasteiger partial charge in [-0.15, -0.1) is 0 Å². The third-order valence-electron chi connectivity index (χ3n) is 6.63. The second-order valence-electron chi connectivity index (χ2n) is 8.56. The van der Waals surface area contributed by atoms with Crippen molar-refractivity contribution in [3.63, 3.8) is 0 Å². The number of anilines is 1. The van der Waals surface area contributed by atoms with Crippen molar-refractivity contribution in [3.8, 4) is 17.2 Å². The molecule has 32 heavy (non-hydrogen) atoms. The fourth-order valence-electron chi connectivity index (χ4n) is 5.05. The molecule has 0 aromatic heterocycles. The van der Waals surface area contributed by atoms with E-state index in [9.17, 15) is 5.11 Å². The lowest BCUT2D eigenvalue weighted by Gasteiger charge is -2.38. The number of allylic oxidation sites excluding steroid dienone is 2. The van der Waals surface area contributed by atoms with Crippen LogP contribution in [-0.4, -0.2) is 18.8 Å². The number of fused-ring (bicyclic) bond motifs is 3. The van der Waals surface area contributed by atoms with Crippen molar-refractivity contribution in [2.24, 2.45) is 5.92 Å².